The summed E-state index contributed by atoms with van der Waals surface area (Å²) in [6.07, 6.45) is 7.01. The van der Waals surface area contributed by atoms with Gasteiger partial charge >= 0.3 is 0 Å². The van der Waals surface area contributed by atoms with Crippen LogP contribution in [0.5, 0.6) is 0 Å². The molecule has 6 heteroatoms. The fourth-order valence-electron chi connectivity index (χ4n) is 2.26. The fraction of sp³-hybridized carbons (Fsp3) is 0. The van der Waals surface area contributed by atoms with E-state index in [4.69, 9.17) is 0 Å². The molecule has 1 aromatic carbocycles. The molecule has 0 N–H and O–H groups in total. The first kappa shape index (κ1) is 11.8. The Bertz CT molecular complexity index is 907. The summed E-state index contributed by atoms with van der Waals surface area (Å²) in [5, 5.41) is 4.25. The number of hydrogen-bond acceptors (Lipinski definition) is 3. The van der Waals surface area contributed by atoms with Crippen LogP contribution in [0.2, 0.25) is 0 Å². The molecule has 5 nitrogen and oxygen atoms in total. The maximum atomic E-state index is 13.0. The average Bonchev–Trinajstić information content (AvgIpc) is 3.16. The van der Waals surface area contributed by atoms with Gasteiger partial charge in [-0.15, -0.1) is 0 Å². The Hall–Kier alpha value is -3.02. The van der Waals surface area contributed by atoms with Gasteiger partial charge in [0.25, 0.3) is 0 Å². The highest BCUT2D eigenvalue weighted by Crippen LogP contribution is 2.20. The second-order valence-electron chi connectivity index (χ2n) is 4.58. The highest BCUT2D eigenvalue weighted by molar-refractivity contribution is 5.58. The SMILES string of the molecule is Fc1ccc(-c2ncnn2-c2ccc3nccn3c2)cc1. The standard InChI is InChI=1S/C15H10FN5/c16-12-3-1-11(2-4-12)15-18-10-19-21(15)13-5-6-14-17-7-8-20(14)9-13/h1-10H. The summed E-state index contributed by atoms with van der Waals surface area (Å²) in [5.74, 6) is 0.388. The molecule has 21 heavy (non-hydrogen) atoms. The molecule has 0 saturated carbocycles. The van der Waals surface area contributed by atoms with E-state index in [1.807, 2.05) is 28.9 Å². The molecule has 0 aliphatic heterocycles. The highest BCUT2D eigenvalue weighted by Gasteiger charge is 2.10. The van der Waals surface area contributed by atoms with Crippen molar-refractivity contribution in [3.63, 3.8) is 0 Å². The number of benzene rings is 1. The van der Waals surface area contributed by atoms with E-state index in [9.17, 15) is 4.39 Å². The van der Waals surface area contributed by atoms with Crippen molar-refractivity contribution in [3.05, 3.63) is 67.1 Å². The molecule has 0 bridgehead atoms. The van der Waals surface area contributed by atoms with Crippen LogP contribution in [-0.2, 0) is 0 Å². The second kappa shape index (κ2) is 4.52. The third kappa shape index (κ3) is 1.97. The van der Waals surface area contributed by atoms with Crippen LogP contribution in [-0.4, -0.2) is 24.1 Å². The van der Waals surface area contributed by atoms with E-state index in [-0.39, 0.29) is 5.82 Å². The molecule has 0 unspecified atom stereocenters. The number of aromatic nitrogens is 5. The van der Waals surface area contributed by atoms with Crippen LogP contribution in [0.4, 0.5) is 4.39 Å². The lowest BCUT2D eigenvalue weighted by atomic mass is 10.2. The van der Waals surface area contributed by atoms with Crippen LogP contribution in [0, 0.1) is 5.82 Å². The summed E-state index contributed by atoms with van der Waals surface area (Å²) in [5.41, 5.74) is 2.53. The van der Waals surface area contributed by atoms with E-state index in [1.54, 1.807) is 23.0 Å². The average molecular weight is 279 g/mol. The number of imidazole rings is 1. The van der Waals surface area contributed by atoms with Gasteiger partial charge in [0.2, 0.25) is 0 Å². The molecule has 4 aromatic rings. The predicted octanol–water partition coefficient (Wildman–Crippen LogP) is 2.72. The summed E-state index contributed by atoms with van der Waals surface area (Å²) in [4.78, 5) is 8.47. The molecule has 3 aromatic heterocycles. The number of rotatable bonds is 2. The molecular formula is C15H10FN5. The summed E-state index contributed by atoms with van der Waals surface area (Å²) in [7, 11) is 0. The predicted molar refractivity (Wildman–Crippen MR) is 75.5 cm³/mol. The van der Waals surface area contributed by atoms with Gasteiger partial charge in [0.15, 0.2) is 5.82 Å². The minimum Gasteiger partial charge on any atom is -0.305 e. The molecule has 3 heterocycles. The van der Waals surface area contributed by atoms with Crippen molar-refractivity contribution in [1.29, 1.82) is 0 Å². The quantitative estimate of drug-likeness (QED) is 0.567. The van der Waals surface area contributed by atoms with E-state index in [0.717, 1.165) is 16.9 Å². The smallest absolute Gasteiger partial charge is 0.163 e. The Balaban J connectivity index is 1.85. The van der Waals surface area contributed by atoms with Crippen molar-refractivity contribution in [2.24, 2.45) is 0 Å². The summed E-state index contributed by atoms with van der Waals surface area (Å²) in [6, 6.07) is 10.0. The molecule has 0 saturated heterocycles. The van der Waals surface area contributed by atoms with Crippen molar-refractivity contribution in [2.75, 3.05) is 0 Å². The summed E-state index contributed by atoms with van der Waals surface area (Å²) >= 11 is 0. The minimum atomic E-state index is -0.273. The summed E-state index contributed by atoms with van der Waals surface area (Å²) < 4.78 is 16.7. The molecule has 0 aliphatic rings. The van der Waals surface area contributed by atoms with Gasteiger partial charge in [-0.3, -0.25) is 0 Å². The third-order valence-electron chi connectivity index (χ3n) is 3.27. The molecular weight excluding hydrogens is 269 g/mol. The van der Waals surface area contributed by atoms with E-state index in [2.05, 4.69) is 15.1 Å². The first-order chi connectivity index (χ1) is 10.3. The molecule has 0 atom stereocenters. The van der Waals surface area contributed by atoms with Crippen molar-refractivity contribution >= 4 is 5.65 Å². The lowest BCUT2D eigenvalue weighted by Crippen LogP contribution is -2.01. The van der Waals surface area contributed by atoms with Crippen LogP contribution in [0.3, 0.4) is 0 Å². The number of hydrogen-bond donors (Lipinski definition) is 0. The number of nitrogens with zero attached hydrogens (tertiary/aromatic N) is 5. The normalized spacial score (nSPS) is 11.1. The van der Waals surface area contributed by atoms with Gasteiger partial charge in [0.05, 0.1) is 5.69 Å². The van der Waals surface area contributed by atoms with Crippen LogP contribution in [0.25, 0.3) is 22.7 Å². The van der Waals surface area contributed by atoms with Crippen LogP contribution in [0.15, 0.2) is 61.3 Å². The number of pyridine rings is 1. The van der Waals surface area contributed by atoms with E-state index < -0.39 is 0 Å². The van der Waals surface area contributed by atoms with E-state index in [1.165, 1.54) is 18.5 Å². The fourth-order valence-corrected chi connectivity index (χ4v) is 2.26. The highest BCUT2D eigenvalue weighted by atomic mass is 19.1. The largest absolute Gasteiger partial charge is 0.305 e. The third-order valence-corrected chi connectivity index (χ3v) is 3.27. The molecule has 0 amide bonds. The second-order valence-corrected chi connectivity index (χ2v) is 4.58. The van der Waals surface area contributed by atoms with Crippen LogP contribution < -0.4 is 0 Å². The Morgan fingerprint density at radius 3 is 2.67 bits per heavy atom. The Morgan fingerprint density at radius 2 is 1.81 bits per heavy atom. The molecule has 0 radical (unpaired) electrons. The molecule has 0 fully saturated rings. The number of halogens is 1. The zero-order valence-electron chi connectivity index (χ0n) is 10.9. The van der Waals surface area contributed by atoms with E-state index >= 15 is 0 Å². The van der Waals surface area contributed by atoms with Gasteiger partial charge < -0.3 is 4.40 Å². The van der Waals surface area contributed by atoms with Crippen LogP contribution >= 0.6 is 0 Å². The van der Waals surface area contributed by atoms with E-state index in [0.29, 0.717) is 5.82 Å². The first-order valence-corrected chi connectivity index (χ1v) is 6.40. The van der Waals surface area contributed by atoms with Crippen molar-refractivity contribution in [1.82, 2.24) is 24.1 Å². The maximum absolute atomic E-state index is 13.0. The zero-order valence-corrected chi connectivity index (χ0v) is 10.9. The van der Waals surface area contributed by atoms with Gasteiger partial charge in [-0.05, 0) is 36.4 Å². The Morgan fingerprint density at radius 1 is 0.952 bits per heavy atom. The first-order valence-electron chi connectivity index (χ1n) is 6.40. The number of fused-ring (bicyclic) bond motifs is 1. The summed E-state index contributed by atoms with van der Waals surface area (Å²) in [6.45, 7) is 0. The van der Waals surface area contributed by atoms with Gasteiger partial charge in [0, 0.05) is 24.2 Å². The van der Waals surface area contributed by atoms with Crippen molar-refractivity contribution < 1.29 is 4.39 Å². The lowest BCUT2D eigenvalue weighted by Gasteiger charge is -2.06. The zero-order chi connectivity index (χ0) is 14.2. The van der Waals surface area contributed by atoms with Crippen LogP contribution in [0.1, 0.15) is 0 Å². The van der Waals surface area contributed by atoms with Gasteiger partial charge in [-0.25, -0.2) is 19.0 Å². The Kier molecular flexibility index (Phi) is 2.53. The topological polar surface area (TPSA) is 48.0 Å². The van der Waals surface area contributed by atoms with Gasteiger partial charge in [-0.2, -0.15) is 5.10 Å². The van der Waals surface area contributed by atoms with Gasteiger partial charge in [-0.1, -0.05) is 0 Å². The molecule has 0 aliphatic carbocycles. The monoisotopic (exact) mass is 279 g/mol. The van der Waals surface area contributed by atoms with Crippen molar-refractivity contribution in [3.8, 4) is 17.1 Å². The molecule has 4 rings (SSSR count). The molecule has 102 valence electrons. The van der Waals surface area contributed by atoms with Crippen molar-refractivity contribution in [2.45, 2.75) is 0 Å². The maximum Gasteiger partial charge on any atom is 0.163 e. The van der Waals surface area contributed by atoms with Gasteiger partial charge in [0.1, 0.15) is 17.8 Å². The lowest BCUT2D eigenvalue weighted by molar-refractivity contribution is 0.628. The minimum absolute atomic E-state index is 0.273. The molecule has 0 spiro atoms. The Labute approximate surface area is 119 Å².